The van der Waals surface area contributed by atoms with E-state index in [1.807, 2.05) is 35.4 Å². The van der Waals surface area contributed by atoms with Crippen molar-refractivity contribution in [1.82, 2.24) is 15.2 Å². The molecule has 1 amide bonds. The molecule has 1 saturated heterocycles. The fourth-order valence-corrected chi connectivity index (χ4v) is 3.48. The van der Waals surface area contributed by atoms with Gasteiger partial charge < -0.3 is 10.2 Å². The van der Waals surface area contributed by atoms with Crippen molar-refractivity contribution >= 4 is 29.1 Å². The topological polar surface area (TPSA) is 45.2 Å². The molecule has 0 bridgehead atoms. The minimum Gasteiger partial charge on any atom is -0.333 e. The Morgan fingerprint density at radius 3 is 2.92 bits per heavy atom. The van der Waals surface area contributed by atoms with Crippen LogP contribution in [0.2, 0.25) is 10.0 Å². The number of carbonyl (C=O) groups excluding carboxylic acids is 1. The SMILES string of the molecule is O=C(CCCc1ccc(Cl)c(Cl)c1)N1CCNCC1c1cccnc1. The fraction of sp³-hybridized carbons (Fsp3) is 0.368. The first-order valence-electron chi connectivity index (χ1n) is 8.49. The van der Waals surface area contributed by atoms with E-state index in [-0.39, 0.29) is 11.9 Å². The lowest BCUT2D eigenvalue weighted by Crippen LogP contribution is -2.48. The number of aryl methyl sites for hydroxylation is 1. The van der Waals surface area contributed by atoms with Gasteiger partial charge >= 0.3 is 0 Å². The lowest BCUT2D eigenvalue weighted by molar-refractivity contribution is -0.134. The summed E-state index contributed by atoms with van der Waals surface area (Å²) in [6.07, 6.45) is 5.72. The van der Waals surface area contributed by atoms with Gasteiger partial charge in [0.25, 0.3) is 0 Å². The average Bonchev–Trinajstić information content (AvgIpc) is 2.65. The maximum Gasteiger partial charge on any atom is 0.223 e. The third-order valence-electron chi connectivity index (χ3n) is 4.47. The normalized spacial score (nSPS) is 17.5. The van der Waals surface area contributed by atoms with Crippen LogP contribution in [-0.2, 0) is 11.2 Å². The van der Waals surface area contributed by atoms with Crippen LogP contribution in [0, 0.1) is 0 Å². The minimum atomic E-state index is 0.0555. The van der Waals surface area contributed by atoms with Gasteiger partial charge in [-0.05, 0) is 42.2 Å². The maximum absolute atomic E-state index is 12.7. The molecule has 2 heterocycles. The number of rotatable bonds is 5. The molecule has 1 aliphatic heterocycles. The zero-order chi connectivity index (χ0) is 17.6. The van der Waals surface area contributed by atoms with E-state index in [0.29, 0.717) is 16.5 Å². The van der Waals surface area contributed by atoms with Crippen LogP contribution in [0.1, 0.15) is 30.0 Å². The second-order valence-electron chi connectivity index (χ2n) is 6.20. The number of aromatic nitrogens is 1. The molecule has 1 fully saturated rings. The Morgan fingerprint density at radius 1 is 1.28 bits per heavy atom. The van der Waals surface area contributed by atoms with Crippen molar-refractivity contribution in [2.24, 2.45) is 0 Å². The fourth-order valence-electron chi connectivity index (χ4n) is 3.16. The molecule has 4 nitrogen and oxygen atoms in total. The highest BCUT2D eigenvalue weighted by Crippen LogP contribution is 2.25. The van der Waals surface area contributed by atoms with E-state index in [4.69, 9.17) is 23.2 Å². The molecule has 1 aromatic carbocycles. The number of halogens is 2. The van der Waals surface area contributed by atoms with Crippen molar-refractivity contribution in [2.75, 3.05) is 19.6 Å². The highest BCUT2D eigenvalue weighted by atomic mass is 35.5. The molecule has 132 valence electrons. The summed E-state index contributed by atoms with van der Waals surface area (Å²) in [5.41, 5.74) is 2.18. The predicted molar refractivity (Wildman–Crippen MR) is 101 cm³/mol. The first-order valence-corrected chi connectivity index (χ1v) is 9.25. The molecular weight excluding hydrogens is 357 g/mol. The Balaban J connectivity index is 1.58. The maximum atomic E-state index is 12.7. The zero-order valence-corrected chi connectivity index (χ0v) is 15.4. The highest BCUT2D eigenvalue weighted by Gasteiger charge is 2.27. The number of pyridine rings is 1. The molecule has 1 atom stereocenters. The Kier molecular flexibility index (Phi) is 6.29. The summed E-state index contributed by atoms with van der Waals surface area (Å²) in [4.78, 5) is 18.9. The summed E-state index contributed by atoms with van der Waals surface area (Å²) >= 11 is 12.0. The first-order chi connectivity index (χ1) is 12.1. The Bertz CT molecular complexity index is 724. The molecule has 1 aliphatic rings. The van der Waals surface area contributed by atoms with E-state index in [2.05, 4.69) is 10.3 Å². The number of benzene rings is 1. The van der Waals surface area contributed by atoms with Crippen molar-refractivity contribution < 1.29 is 4.79 Å². The number of hydrogen-bond acceptors (Lipinski definition) is 3. The minimum absolute atomic E-state index is 0.0555. The summed E-state index contributed by atoms with van der Waals surface area (Å²) in [7, 11) is 0. The van der Waals surface area contributed by atoms with E-state index >= 15 is 0 Å². The summed E-state index contributed by atoms with van der Waals surface area (Å²) in [5.74, 6) is 0.190. The summed E-state index contributed by atoms with van der Waals surface area (Å²) in [6.45, 7) is 2.32. The van der Waals surface area contributed by atoms with Crippen molar-refractivity contribution in [3.63, 3.8) is 0 Å². The summed E-state index contributed by atoms with van der Waals surface area (Å²) in [6, 6.07) is 9.63. The number of nitrogens with zero attached hydrogens (tertiary/aromatic N) is 2. The van der Waals surface area contributed by atoms with Gasteiger partial charge in [-0.3, -0.25) is 9.78 Å². The summed E-state index contributed by atoms with van der Waals surface area (Å²) < 4.78 is 0. The molecular formula is C19H21Cl2N3O. The third-order valence-corrected chi connectivity index (χ3v) is 5.21. The van der Waals surface area contributed by atoms with Crippen LogP contribution in [0.15, 0.2) is 42.7 Å². The van der Waals surface area contributed by atoms with Gasteiger partial charge in [0.1, 0.15) is 0 Å². The van der Waals surface area contributed by atoms with Crippen LogP contribution in [-0.4, -0.2) is 35.4 Å². The number of carbonyl (C=O) groups is 1. The monoisotopic (exact) mass is 377 g/mol. The first kappa shape index (κ1) is 18.2. The van der Waals surface area contributed by atoms with Crippen LogP contribution in [0.3, 0.4) is 0 Å². The molecule has 0 spiro atoms. The Morgan fingerprint density at radius 2 is 2.16 bits per heavy atom. The van der Waals surface area contributed by atoms with Crippen LogP contribution in [0.4, 0.5) is 0 Å². The van der Waals surface area contributed by atoms with E-state index in [1.54, 1.807) is 12.3 Å². The molecule has 6 heteroatoms. The molecule has 0 saturated carbocycles. The second-order valence-corrected chi connectivity index (χ2v) is 7.01. The predicted octanol–water partition coefficient (Wildman–Crippen LogP) is 3.88. The highest BCUT2D eigenvalue weighted by molar-refractivity contribution is 6.42. The molecule has 1 aromatic heterocycles. The quantitative estimate of drug-likeness (QED) is 0.859. The van der Waals surface area contributed by atoms with E-state index in [0.717, 1.165) is 43.6 Å². The molecule has 1 unspecified atom stereocenters. The van der Waals surface area contributed by atoms with E-state index in [9.17, 15) is 4.79 Å². The van der Waals surface area contributed by atoms with Gasteiger partial charge in [0, 0.05) is 38.4 Å². The lowest BCUT2D eigenvalue weighted by Gasteiger charge is -2.36. The smallest absolute Gasteiger partial charge is 0.223 e. The zero-order valence-electron chi connectivity index (χ0n) is 13.9. The summed E-state index contributed by atoms with van der Waals surface area (Å²) in [5, 5.41) is 4.48. The number of nitrogens with one attached hydrogen (secondary N) is 1. The second kappa shape index (κ2) is 8.65. The standard InChI is InChI=1S/C19H21Cl2N3O/c20-16-7-6-14(11-17(16)21)3-1-5-19(25)24-10-9-23-13-18(24)15-4-2-8-22-12-15/h2,4,6-8,11-12,18,23H,1,3,5,9-10,13H2. The van der Waals surface area contributed by atoms with Gasteiger partial charge in [0.05, 0.1) is 16.1 Å². The van der Waals surface area contributed by atoms with Crippen molar-refractivity contribution in [1.29, 1.82) is 0 Å². The van der Waals surface area contributed by atoms with Crippen LogP contribution < -0.4 is 5.32 Å². The van der Waals surface area contributed by atoms with Gasteiger partial charge in [-0.1, -0.05) is 35.3 Å². The number of piperazine rings is 1. The number of hydrogen-bond donors (Lipinski definition) is 1. The molecule has 0 aliphatic carbocycles. The van der Waals surface area contributed by atoms with Crippen molar-refractivity contribution in [3.05, 3.63) is 63.9 Å². The average molecular weight is 378 g/mol. The van der Waals surface area contributed by atoms with Gasteiger partial charge in [0.15, 0.2) is 0 Å². The molecule has 1 N–H and O–H groups in total. The third kappa shape index (κ3) is 4.72. The molecule has 25 heavy (non-hydrogen) atoms. The van der Waals surface area contributed by atoms with Gasteiger partial charge in [-0.2, -0.15) is 0 Å². The lowest BCUT2D eigenvalue weighted by atomic mass is 10.0. The number of amides is 1. The molecule has 3 rings (SSSR count). The van der Waals surface area contributed by atoms with Crippen LogP contribution >= 0.6 is 23.2 Å². The van der Waals surface area contributed by atoms with Crippen molar-refractivity contribution in [3.8, 4) is 0 Å². The van der Waals surface area contributed by atoms with Gasteiger partial charge in [-0.15, -0.1) is 0 Å². The Hall–Kier alpha value is -1.62. The molecule has 0 radical (unpaired) electrons. The van der Waals surface area contributed by atoms with Crippen LogP contribution in [0.25, 0.3) is 0 Å². The van der Waals surface area contributed by atoms with Crippen LogP contribution in [0.5, 0.6) is 0 Å². The van der Waals surface area contributed by atoms with E-state index in [1.165, 1.54) is 0 Å². The van der Waals surface area contributed by atoms with Gasteiger partial charge in [0.2, 0.25) is 5.91 Å². The van der Waals surface area contributed by atoms with E-state index < -0.39 is 0 Å². The largest absolute Gasteiger partial charge is 0.333 e. The Labute approximate surface area is 158 Å². The van der Waals surface area contributed by atoms with Crippen molar-refractivity contribution in [2.45, 2.75) is 25.3 Å². The molecule has 2 aromatic rings. The van der Waals surface area contributed by atoms with Gasteiger partial charge in [-0.25, -0.2) is 0 Å².